The Balaban J connectivity index is 2.00. The third-order valence-corrected chi connectivity index (χ3v) is 5.75. The molecule has 1 aromatic heterocycles. The quantitative estimate of drug-likeness (QED) is 0.654. The van der Waals surface area contributed by atoms with Gasteiger partial charge in [-0.3, -0.25) is 4.72 Å². The molecule has 3 aromatic rings. The van der Waals surface area contributed by atoms with E-state index in [4.69, 9.17) is 4.42 Å². The highest BCUT2D eigenvalue weighted by Crippen LogP contribution is 2.32. The van der Waals surface area contributed by atoms with Gasteiger partial charge in [0, 0.05) is 16.6 Å². The Kier molecular flexibility index (Phi) is 4.97. The number of benzene rings is 2. The molecule has 0 spiro atoms. The van der Waals surface area contributed by atoms with E-state index in [9.17, 15) is 13.2 Å². The maximum Gasteiger partial charge on any atom is 0.337 e. The van der Waals surface area contributed by atoms with Gasteiger partial charge in [0.1, 0.15) is 5.58 Å². The predicted molar refractivity (Wildman–Crippen MR) is 104 cm³/mol. The van der Waals surface area contributed by atoms with E-state index in [-0.39, 0.29) is 16.3 Å². The summed E-state index contributed by atoms with van der Waals surface area (Å²) < 4.78 is 38.4. The van der Waals surface area contributed by atoms with Crippen molar-refractivity contribution in [3.05, 3.63) is 59.2 Å². The number of hydrogen-bond donors (Lipinski definition) is 1. The lowest BCUT2D eigenvalue weighted by Gasteiger charge is -2.08. The van der Waals surface area contributed by atoms with Gasteiger partial charge in [0.05, 0.1) is 12.7 Å². The molecule has 0 aliphatic carbocycles. The lowest BCUT2D eigenvalue weighted by Crippen LogP contribution is -2.13. The largest absolute Gasteiger partial charge is 0.465 e. The number of carbonyl (C=O) groups excluding carboxylic acids is 1. The van der Waals surface area contributed by atoms with Crippen LogP contribution in [0.25, 0.3) is 11.0 Å². The Labute approximate surface area is 158 Å². The number of ether oxygens (including phenoxy) is 1. The topological polar surface area (TPSA) is 85.6 Å². The molecule has 7 heteroatoms. The molecule has 0 radical (unpaired) electrons. The van der Waals surface area contributed by atoms with Crippen molar-refractivity contribution in [2.45, 2.75) is 31.8 Å². The molecular weight excluding hydrogens is 366 g/mol. The Morgan fingerprint density at radius 3 is 2.56 bits per heavy atom. The third-order valence-electron chi connectivity index (χ3n) is 4.36. The van der Waals surface area contributed by atoms with Crippen LogP contribution in [0.3, 0.4) is 0 Å². The molecule has 0 saturated heterocycles. The van der Waals surface area contributed by atoms with Crippen LogP contribution in [0.5, 0.6) is 0 Å². The van der Waals surface area contributed by atoms with Gasteiger partial charge in [-0.05, 0) is 48.7 Å². The number of nitrogens with one attached hydrogen (secondary N) is 1. The predicted octanol–water partition coefficient (Wildman–Crippen LogP) is 4.45. The molecule has 3 rings (SSSR count). The van der Waals surface area contributed by atoms with Crippen molar-refractivity contribution in [2.24, 2.45) is 0 Å². The summed E-state index contributed by atoms with van der Waals surface area (Å²) in [6.07, 6.45) is 0. The van der Waals surface area contributed by atoms with Crippen LogP contribution in [0, 0.1) is 6.92 Å². The van der Waals surface area contributed by atoms with E-state index in [1.54, 1.807) is 31.2 Å². The molecule has 0 bridgehead atoms. The van der Waals surface area contributed by atoms with E-state index >= 15 is 0 Å². The summed E-state index contributed by atoms with van der Waals surface area (Å²) in [6, 6.07) is 11.8. The van der Waals surface area contributed by atoms with Crippen LogP contribution in [0.15, 0.2) is 52.0 Å². The van der Waals surface area contributed by atoms with Gasteiger partial charge in [0.25, 0.3) is 10.0 Å². The van der Waals surface area contributed by atoms with Gasteiger partial charge < -0.3 is 9.15 Å². The molecule has 1 N–H and O–H groups in total. The molecule has 142 valence electrons. The van der Waals surface area contributed by atoms with Crippen LogP contribution in [0.4, 0.5) is 5.69 Å². The zero-order valence-electron chi connectivity index (χ0n) is 15.6. The molecule has 0 aliphatic heterocycles. The second kappa shape index (κ2) is 7.08. The van der Waals surface area contributed by atoms with Crippen molar-refractivity contribution in [3.63, 3.8) is 0 Å². The number of sulfonamides is 1. The first-order chi connectivity index (χ1) is 12.7. The zero-order chi connectivity index (χ0) is 19.8. The second-order valence-electron chi connectivity index (χ2n) is 6.60. The van der Waals surface area contributed by atoms with E-state index < -0.39 is 16.0 Å². The fraction of sp³-hybridized carbons (Fsp3) is 0.250. The Hall–Kier alpha value is -2.80. The number of aryl methyl sites for hydroxylation is 1. The summed E-state index contributed by atoms with van der Waals surface area (Å²) in [5.41, 5.74) is 2.67. The molecule has 0 aliphatic rings. The first kappa shape index (κ1) is 19.0. The number of hydrogen-bond acceptors (Lipinski definition) is 5. The lowest BCUT2D eigenvalue weighted by molar-refractivity contribution is 0.0601. The fourth-order valence-electron chi connectivity index (χ4n) is 2.86. The second-order valence-corrected chi connectivity index (χ2v) is 8.18. The highest BCUT2D eigenvalue weighted by molar-refractivity contribution is 7.92. The molecule has 1 heterocycles. The Morgan fingerprint density at radius 1 is 1.15 bits per heavy atom. The average Bonchev–Trinajstić information content (AvgIpc) is 2.98. The minimum absolute atomic E-state index is 0.137. The maximum absolute atomic E-state index is 12.8. The van der Waals surface area contributed by atoms with E-state index in [0.29, 0.717) is 17.1 Å². The maximum atomic E-state index is 12.8. The number of anilines is 1. The molecular formula is C20H21NO5S. The molecule has 6 nitrogen and oxygen atoms in total. The first-order valence-electron chi connectivity index (χ1n) is 8.47. The molecule has 2 aromatic carbocycles. The van der Waals surface area contributed by atoms with Crippen LogP contribution in [0.1, 0.15) is 41.3 Å². The summed E-state index contributed by atoms with van der Waals surface area (Å²) in [7, 11) is -2.69. The van der Waals surface area contributed by atoms with Crippen molar-refractivity contribution in [2.75, 3.05) is 11.8 Å². The van der Waals surface area contributed by atoms with Crippen molar-refractivity contribution in [1.82, 2.24) is 0 Å². The van der Waals surface area contributed by atoms with Gasteiger partial charge in [0.2, 0.25) is 5.09 Å². The highest BCUT2D eigenvalue weighted by atomic mass is 32.2. The average molecular weight is 387 g/mol. The number of esters is 1. The van der Waals surface area contributed by atoms with Gasteiger partial charge in [-0.1, -0.05) is 26.0 Å². The number of furan rings is 1. The van der Waals surface area contributed by atoms with Gasteiger partial charge in [-0.25, -0.2) is 4.79 Å². The van der Waals surface area contributed by atoms with Gasteiger partial charge in [0.15, 0.2) is 0 Å². The van der Waals surface area contributed by atoms with Crippen LogP contribution in [-0.4, -0.2) is 21.5 Å². The van der Waals surface area contributed by atoms with E-state index in [0.717, 1.165) is 10.9 Å². The normalized spacial score (nSPS) is 11.7. The zero-order valence-corrected chi connectivity index (χ0v) is 16.4. The minimum atomic E-state index is -3.96. The molecule has 0 amide bonds. The van der Waals surface area contributed by atoms with Crippen LogP contribution < -0.4 is 4.72 Å². The highest BCUT2D eigenvalue weighted by Gasteiger charge is 2.24. The van der Waals surface area contributed by atoms with Gasteiger partial charge in [-0.15, -0.1) is 0 Å². The molecule has 0 atom stereocenters. The lowest BCUT2D eigenvalue weighted by atomic mass is 10.0. The number of carbonyl (C=O) groups is 1. The van der Waals surface area contributed by atoms with Crippen molar-refractivity contribution in [3.8, 4) is 0 Å². The SMILES string of the molecule is COC(=O)c1cccc(NS(=O)(=O)c2oc3ccc(C(C)C)cc3c2C)c1. The molecule has 0 unspecified atom stereocenters. The summed E-state index contributed by atoms with van der Waals surface area (Å²) >= 11 is 0. The summed E-state index contributed by atoms with van der Waals surface area (Å²) in [5, 5.41) is 0.631. The molecule has 0 saturated carbocycles. The van der Waals surface area contributed by atoms with Crippen molar-refractivity contribution in [1.29, 1.82) is 0 Å². The third kappa shape index (κ3) is 3.68. The number of fused-ring (bicyclic) bond motifs is 1. The smallest absolute Gasteiger partial charge is 0.337 e. The van der Waals surface area contributed by atoms with E-state index in [2.05, 4.69) is 23.3 Å². The summed E-state index contributed by atoms with van der Waals surface area (Å²) in [4.78, 5) is 11.6. The monoisotopic (exact) mass is 387 g/mol. The van der Waals surface area contributed by atoms with E-state index in [1.165, 1.54) is 13.2 Å². The minimum Gasteiger partial charge on any atom is -0.465 e. The standard InChI is InChI=1S/C20H21NO5S/c1-12(2)14-8-9-18-17(11-14)13(3)20(26-18)27(23,24)21-16-7-5-6-15(10-16)19(22)25-4/h5-12,21H,1-4H3. The van der Waals surface area contributed by atoms with Crippen LogP contribution in [0.2, 0.25) is 0 Å². The Morgan fingerprint density at radius 2 is 1.89 bits per heavy atom. The van der Waals surface area contributed by atoms with Crippen molar-refractivity contribution >= 4 is 32.6 Å². The summed E-state index contributed by atoms with van der Waals surface area (Å²) in [5.74, 6) is -0.222. The van der Waals surface area contributed by atoms with E-state index in [1.807, 2.05) is 12.1 Å². The Bertz CT molecular complexity index is 1110. The summed E-state index contributed by atoms with van der Waals surface area (Å²) in [6.45, 7) is 5.86. The fourth-order valence-corrected chi connectivity index (χ4v) is 4.10. The molecule has 27 heavy (non-hydrogen) atoms. The number of methoxy groups -OCH3 is 1. The van der Waals surface area contributed by atoms with Crippen molar-refractivity contribution < 1.29 is 22.4 Å². The van der Waals surface area contributed by atoms with Crippen LogP contribution >= 0.6 is 0 Å². The van der Waals surface area contributed by atoms with Gasteiger partial charge in [-0.2, -0.15) is 8.42 Å². The van der Waals surface area contributed by atoms with Gasteiger partial charge >= 0.3 is 5.97 Å². The number of rotatable bonds is 5. The van der Waals surface area contributed by atoms with Crippen LogP contribution in [-0.2, 0) is 14.8 Å². The molecule has 0 fully saturated rings. The first-order valence-corrected chi connectivity index (χ1v) is 9.95.